The molecule has 3 aromatic heterocycles. The number of hydrogen-bond donors (Lipinski definition) is 2. The Morgan fingerprint density at radius 1 is 0.925 bits per heavy atom. The maximum atomic E-state index is 10.5. The van der Waals surface area contributed by atoms with Crippen LogP contribution in [0.25, 0.3) is 22.3 Å². The van der Waals surface area contributed by atoms with Gasteiger partial charge in [-0.05, 0) is 74.5 Å². The molecule has 0 unspecified atom stereocenters. The molecule has 0 spiro atoms. The summed E-state index contributed by atoms with van der Waals surface area (Å²) in [5.41, 5.74) is 5.21. The molecule has 1 atom stereocenters. The van der Waals surface area contributed by atoms with Gasteiger partial charge in [-0.2, -0.15) is 0 Å². The largest absolute Gasteiger partial charge is 0.391 e. The number of pyridine rings is 2. The first-order valence-corrected chi connectivity index (χ1v) is 14.5. The van der Waals surface area contributed by atoms with Gasteiger partial charge in [-0.25, -0.2) is 15.0 Å². The minimum absolute atomic E-state index is 0.341. The Morgan fingerprint density at radius 2 is 1.80 bits per heavy atom. The quantitative estimate of drug-likeness (QED) is 0.371. The second-order valence-electron chi connectivity index (χ2n) is 11.4. The van der Waals surface area contributed by atoms with Gasteiger partial charge in [-0.1, -0.05) is 6.07 Å². The first-order chi connectivity index (χ1) is 19.6. The van der Waals surface area contributed by atoms with Crippen LogP contribution >= 0.6 is 0 Å². The average molecular weight is 537 g/mol. The monoisotopic (exact) mass is 536 g/mol. The summed E-state index contributed by atoms with van der Waals surface area (Å²) in [6.07, 6.45) is 9.43. The SMILES string of the molecule is CN1CCN(c2cccc(Nc3cc(-c4nc(N5CCC[C@H](O)C5)c5c(C6CC6)cncc5n4)ccn3)c2)CC1. The van der Waals surface area contributed by atoms with Gasteiger partial charge in [0.05, 0.1) is 17.8 Å². The molecule has 1 aliphatic carbocycles. The number of likely N-dealkylation sites (N-methyl/N-ethyl adjacent to an activating group) is 1. The van der Waals surface area contributed by atoms with Crippen LogP contribution in [-0.2, 0) is 0 Å². The van der Waals surface area contributed by atoms with Crippen LogP contribution in [0.2, 0.25) is 0 Å². The van der Waals surface area contributed by atoms with E-state index in [1.807, 2.05) is 24.5 Å². The van der Waals surface area contributed by atoms with Crippen LogP contribution in [0.5, 0.6) is 0 Å². The molecule has 5 heterocycles. The summed E-state index contributed by atoms with van der Waals surface area (Å²) in [6.45, 7) is 5.67. The first-order valence-electron chi connectivity index (χ1n) is 14.5. The van der Waals surface area contributed by atoms with Crippen LogP contribution in [0.4, 0.5) is 23.0 Å². The highest BCUT2D eigenvalue weighted by Gasteiger charge is 2.30. The van der Waals surface area contributed by atoms with Crippen LogP contribution < -0.4 is 15.1 Å². The number of nitrogens with zero attached hydrogens (tertiary/aromatic N) is 7. The molecule has 1 aromatic carbocycles. The van der Waals surface area contributed by atoms with E-state index in [2.05, 4.69) is 61.3 Å². The number of fused-ring (bicyclic) bond motifs is 1. The number of hydrogen-bond acceptors (Lipinski definition) is 9. The van der Waals surface area contributed by atoms with Crippen molar-refractivity contribution < 1.29 is 5.11 Å². The predicted molar refractivity (Wildman–Crippen MR) is 159 cm³/mol. The lowest BCUT2D eigenvalue weighted by molar-refractivity contribution is 0.154. The number of β-amino-alcohol motifs (C(OH)–C–C–N with tert-alkyl or cyclic N) is 1. The molecule has 1 saturated carbocycles. The summed E-state index contributed by atoms with van der Waals surface area (Å²) < 4.78 is 0. The normalized spacial score (nSPS) is 20.2. The average Bonchev–Trinajstić information content (AvgIpc) is 3.83. The Kier molecular flexibility index (Phi) is 6.69. The highest BCUT2D eigenvalue weighted by molar-refractivity contribution is 5.94. The molecule has 7 rings (SSSR count). The van der Waals surface area contributed by atoms with Gasteiger partial charge >= 0.3 is 0 Å². The van der Waals surface area contributed by atoms with Crippen molar-refractivity contribution in [2.75, 3.05) is 61.4 Å². The zero-order valence-corrected chi connectivity index (χ0v) is 23.0. The third kappa shape index (κ3) is 5.19. The van der Waals surface area contributed by atoms with E-state index >= 15 is 0 Å². The Labute approximate surface area is 234 Å². The van der Waals surface area contributed by atoms with E-state index in [-0.39, 0.29) is 6.10 Å². The van der Waals surface area contributed by atoms with Crippen molar-refractivity contribution >= 4 is 33.9 Å². The highest BCUT2D eigenvalue weighted by atomic mass is 16.3. The second-order valence-corrected chi connectivity index (χ2v) is 11.4. The maximum Gasteiger partial charge on any atom is 0.162 e. The number of piperazine rings is 1. The van der Waals surface area contributed by atoms with E-state index in [4.69, 9.17) is 9.97 Å². The van der Waals surface area contributed by atoms with E-state index < -0.39 is 0 Å². The van der Waals surface area contributed by atoms with Crippen molar-refractivity contribution in [1.29, 1.82) is 0 Å². The Hall–Kier alpha value is -3.82. The lowest BCUT2D eigenvalue weighted by Crippen LogP contribution is -2.44. The van der Waals surface area contributed by atoms with Crippen molar-refractivity contribution in [3.05, 3.63) is 60.6 Å². The summed E-state index contributed by atoms with van der Waals surface area (Å²) >= 11 is 0. The van der Waals surface area contributed by atoms with Crippen molar-refractivity contribution in [2.45, 2.75) is 37.7 Å². The molecule has 0 amide bonds. The van der Waals surface area contributed by atoms with Gasteiger partial charge in [0, 0.05) is 74.0 Å². The van der Waals surface area contributed by atoms with Gasteiger partial charge in [0.2, 0.25) is 0 Å². The topological polar surface area (TPSA) is 93.5 Å². The number of aromatic nitrogens is 4. The first kappa shape index (κ1) is 25.2. The smallest absolute Gasteiger partial charge is 0.162 e. The Bertz CT molecular complexity index is 1510. The van der Waals surface area contributed by atoms with Crippen molar-refractivity contribution in [3.63, 3.8) is 0 Å². The molecule has 0 bridgehead atoms. The summed E-state index contributed by atoms with van der Waals surface area (Å²) in [5, 5.41) is 15.0. The number of aliphatic hydroxyl groups is 1. The maximum absolute atomic E-state index is 10.5. The van der Waals surface area contributed by atoms with Crippen LogP contribution in [-0.4, -0.2) is 82.4 Å². The zero-order chi connectivity index (χ0) is 27.1. The molecule has 2 saturated heterocycles. The van der Waals surface area contributed by atoms with E-state index in [1.54, 1.807) is 6.20 Å². The number of aliphatic hydroxyl groups excluding tert-OH is 1. The third-order valence-electron chi connectivity index (χ3n) is 8.34. The summed E-state index contributed by atoms with van der Waals surface area (Å²) in [6, 6.07) is 12.5. The van der Waals surface area contributed by atoms with Crippen molar-refractivity contribution in [1.82, 2.24) is 24.8 Å². The fourth-order valence-electron chi connectivity index (χ4n) is 5.93. The Balaban J connectivity index is 1.21. The molecular formula is C31H36N8O. The molecule has 3 aliphatic rings. The number of anilines is 4. The van der Waals surface area contributed by atoms with E-state index in [1.165, 1.54) is 24.1 Å². The highest BCUT2D eigenvalue weighted by Crippen LogP contribution is 2.45. The van der Waals surface area contributed by atoms with Gasteiger partial charge in [0.1, 0.15) is 11.6 Å². The number of rotatable bonds is 6. The molecule has 2 N–H and O–H groups in total. The molecule has 4 aromatic rings. The van der Waals surface area contributed by atoms with Crippen molar-refractivity contribution in [2.24, 2.45) is 0 Å². The molecule has 9 nitrogen and oxygen atoms in total. The molecule has 9 heteroatoms. The lowest BCUT2D eigenvalue weighted by Gasteiger charge is -2.34. The van der Waals surface area contributed by atoms with Gasteiger partial charge in [0.15, 0.2) is 5.82 Å². The van der Waals surface area contributed by atoms with Crippen LogP contribution in [0.15, 0.2) is 55.0 Å². The fourth-order valence-corrected chi connectivity index (χ4v) is 5.93. The van der Waals surface area contributed by atoms with Crippen LogP contribution in [0.3, 0.4) is 0 Å². The second kappa shape index (κ2) is 10.6. The minimum atomic E-state index is -0.341. The fraction of sp³-hybridized carbons (Fsp3) is 0.419. The third-order valence-corrected chi connectivity index (χ3v) is 8.34. The molecule has 0 radical (unpaired) electrons. The van der Waals surface area contributed by atoms with Crippen molar-refractivity contribution in [3.8, 4) is 11.4 Å². The number of benzene rings is 1. The van der Waals surface area contributed by atoms with Crippen LogP contribution in [0.1, 0.15) is 37.2 Å². The van der Waals surface area contributed by atoms with E-state index in [0.29, 0.717) is 18.3 Å². The van der Waals surface area contributed by atoms with Gasteiger partial charge in [-0.15, -0.1) is 0 Å². The Morgan fingerprint density at radius 3 is 2.62 bits per heavy atom. The summed E-state index contributed by atoms with van der Waals surface area (Å²) in [5.74, 6) is 2.83. The van der Waals surface area contributed by atoms with Gasteiger partial charge in [0.25, 0.3) is 0 Å². The van der Waals surface area contributed by atoms with E-state index in [9.17, 15) is 5.11 Å². The zero-order valence-electron chi connectivity index (χ0n) is 23.0. The predicted octanol–water partition coefficient (Wildman–Crippen LogP) is 4.42. The standard InChI is InChI=1S/C31H36N8O/c1-37-12-14-38(15-13-37)24-5-2-4-23(17-24)34-28-16-22(9-10-33-28)30-35-27-19-32-18-26(21-7-8-21)29(27)31(36-30)39-11-3-6-25(40)20-39/h2,4-5,9-10,16-19,21,25,40H,3,6-8,11-15,20H2,1H3,(H,33,34)/t25-/m0/s1. The summed E-state index contributed by atoms with van der Waals surface area (Å²) in [4.78, 5) is 26.3. The van der Waals surface area contributed by atoms with Gasteiger partial charge in [-0.3, -0.25) is 4.98 Å². The van der Waals surface area contributed by atoms with Crippen LogP contribution in [0, 0.1) is 0 Å². The lowest BCUT2D eigenvalue weighted by atomic mass is 10.0. The number of nitrogens with one attached hydrogen (secondary N) is 1. The van der Waals surface area contributed by atoms with E-state index in [0.717, 1.165) is 79.4 Å². The molecular weight excluding hydrogens is 500 g/mol. The molecule has 2 aliphatic heterocycles. The molecule has 206 valence electrons. The summed E-state index contributed by atoms with van der Waals surface area (Å²) in [7, 11) is 2.18. The molecule has 3 fully saturated rings. The molecule has 40 heavy (non-hydrogen) atoms. The minimum Gasteiger partial charge on any atom is -0.391 e. The van der Waals surface area contributed by atoms with Gasteiger partial charge < -0.3 is 25.1 Å². The number of piperidine rings is 1.